The third-order valence-electron chi connectivity index (χ3n) is 4.51. The summed E-state index contributed by atoms with van der Waals surface area (Å²) in [6.07, 6.45) is 4.53. The fourth-order valence-electron chi connectivity index (χ4n) is 2.68. The number of rotatable bonds is 12. The number of ether oxygens (including phenoxy) is 2. The number of nitrogens with one attached hydrogen (secondary N) is 2. The Morgan fingerprint density at radius 2 is 1.76 bits per heavy atom. The number of esters is 2. The number of carbonyl (C=O) groups excluding carboxylic acids is 3. The van der Waals surface area contributed by atoms with Crippen LogP contribution >= 0.6 is 0 Å². The number of unbranched alkanes of at least 4 members (excludes halogenated alkanes) is 1. The Labute approximate surface area is 191 Å². The zero-order valence-corrected chi connectivity index (χ0v) is 18.5. The molecule has 2 amide bonds. The van der Waals surface area contributed by atoms with Crippen LogP contribution in [0, 0.1) is 0 Å². The minimum absolute atomic E-state index is 0.00590. The highest BCUT2D eigenvalue weighted by Gasteiger charge is 2.08. The van der Waals surface area contributed by atoms with Gasteiger partial charge in [0.15, 0.2) is 0 Å². The van der Waals surface area contributed by atoms with Crippen LogP contribution in [0.25, 0.3) is 0 Å². The second-order valence-electron chi connectivity index (χ2n) is 6.97. The van der Waals surface area contributed by atoms with Crippen LogP contribution in [-0.4, -0.2) is 40.7 Å². The molecule has 0 bridgehead atoms. The molecule has 2 aromatic rings. The van der Waals surface area contributed by atoms with E-state index in [2.05, 4.69) is 22.2 Å². The van der Waals surface area contributed by atoms with Gasteiger partial charge in [-0.15, -0.1) is 0 Å². The number of urea groups is 1. The van der Waals surface area contributed by atoms with Gasteiger partial charge in [-0.05, 0) is 43.0 Å². The smallest absolute Gasteiger partial charge is 0.349 e. The van der Waals surface area contributed by atoms with E-state index in [1.807, 2.05) is 19.1 Å². The van der Waals surface area contributed by atoms with Crippen LogP contribution < -0.4 is 16.3 Å². The first kappa shape index (κ1) is 25.3. The lowest BCUT2D eigenvalue weighted by atomic mass is 10.1. The lowest BCUT2D eigenvalue weighted by Crippen LogP contribution is -2.27. The van der Waals surface area contributed by atoms with Crippen molar-refractivity contribution in [2.75, 3.05) is 23.8 Å². The highest BCUT2D eigenvalue weighted by molar-refractivity contribution is 5.99. The van der Waals surface area contributed by atoms with Crippen molar-refractivity contribution in [2.24, 2.45) is 0 Å². The van der Waals surface area contributed by atoms with Crippen LogP contribution in [0.1, 0.15) is 31.7 Å². The van der Waals surface area contributed by atoms with Gasteiger partial charge in [-0.2, -0.15) is 4.98 Å². The maximum atomic E-state index is 12.2. The average molecular weight is 456 g/mol. The number of hydrogen-bond acceptors (Lipinski definition) is 7. The first-order valence-corrected chi connectivity index (χ1v) is 10.6. The summed E-state index contributed by atoms with van der Waals surface area (Å²) in [6, 6.07) is 8.37. The predicted molar refractivity (Wildman–Crippen MR) is 123 cm³/mol. The summed E-state index contributed by atoms with van der Waals surface area (Å²) in [5.41, 5.74) is 1.17. The maximum absolute atomic E-state index is 12.2. The van der Waals surface area contributed by atoms with Crippen LogP contribution in [0.3, 0.4) is 0 Å². The van der Waals surface area contributed by atoms with Gasteiger partial charge in [0.05, 0.1) is 19.6 Å². The minimum atomic E-state index is -0.600. The van der Waals surface area contributed by atoms with E-state index in [0.29, 0.717) is 18.5 Å². The number of aromatic nitrogens is 2. The van der Waals surface area contributed by atoms with E-state index in [4.69, 9.17) is 9.47 Å². The summed E-state index contributed by atoms with van der Waals surface area (Å²) >= 11 is 0. The van der Waals surface area contributed by atoms with Crippen LogP contribution in [0.15, 0.2) is 54.0 Å². The number of anilines is 2. The van der Waals surface area contributed by atoms with Crippen LogP contribution in [0.4, 0.5) is 16.3 Å². The summed E-state index contributed by atoms with van der Waals surface area (Å²) < 4.78 is 11.2. The summed E-state index contributed by atoms with van der Waals surface area (Å²) in [5.74, 6) is -0.853. The number of hydrogen-bond donors (Lipinski definition) is 2. The zero-order valence-electron chi connectivity index (χ0n) is 18.5. The molecule has 0 saturated heterocycles. The molecule has 0 radical (unpaired) electrons. The SMILES string of the molecule is C=CC(=O)OCCCCOC(=O)CCn1ccc(NC(=O)Nc2ccc(CC)cc2)nc1=O. The van der Waals surface area contributed by atoms with Crippen molar-refractivity contribution < 1.29 is 23.9 Å². The van der Waals surface area contributed by atoms with E-state index in [1.165, 1.54) is 16.8 Å². The Morgan fingerprint density at radius 1 is 1.06 bits per heavy atom. The number of amides is 2. The summed E-state index contributed by atoms with van der Waals surface area (Å²) in [5, 5.41) is 5.17. The van der Waals surface area contributed by atoms with Gasteiger partial charge >= 0.3 is 23.7 Å². The minimum Gasteiger partial charge on any atom is -0.466 e. The van der Waals surface area contributed by atoms with Crippen molar-refractivity contribution in [1.29, 1.82) is 0 Å². The first-order chi connectivity index (χ1) is 15.9. The largest absolute Gasteiger partial charge is 0.466 e. The fourth-order valence-corrected chi connectivity index (χ4v) is 2.68. The predicted octanol–water partition coefficient (Wildman–Crippen LogP) is 2.89. The third kappa shape index (κ3) is 9.38. The molecular weight excluding hydrogens is 428 g/mol. The Hall–Kier alpha value is -3.95. The van der Waals surface area contributed by atoms with E-state index in [1.54, 1.807) is 12.1 Å². The molecule has 176 valence electrons. The van der Waals surface area contributed by atoms with Crippen LogP contribution in [-0.2, 0) is 32.0 Å². The van der Waals surface area contributed by atoms with Crippen LogP contribution in [0.2, 0.25) is 0 Å². The average Bonchev–Trinajstić information content (AvgIpc) is 2.81. The second-order valence-corrected chi connectivity index (χ2v) is 6.97. The molecule has 0 unspecified atom stereocenters. The molecule has 0 saturated carbocycles. The standard InChI is InChI=1S/C23H28N4O6/c1-3-17-7-9-18(10-8-17)24-22(30)25-19-11-13-27(23(31)26-19)14-12-21(29)33-16-6-5-15-32-20(28)4-2/h4,7-11,13H,2-3,5-6,12,14-16H2,1H3,(H2,24,25,26,30,31). The lowest BCUT2D eigenvalue weighted by Gasteiger charge is -2.09. The molecule has 2 N–H and O–H groups in total. The molecule has 2 rings (SSSR count). The molecule has 10 heteroatoms. The van der Waals surface area contributed by atoms with Crippen molar-refractivity contribution in [3.63, 3.8) is 0 Å². The van der Waals surface area contributed by atoms with Crippen LogP contribution in [0.5, 0.6) is 0 Å². The summed E-state index contributed by atoms with van der Waals surface area (Å²) in [4.78, 5) is 50.8. The molecule has 0 aliphatic rings. The molecule has 0 aliphatic carbocycles. The number of nitrogens with zero attached hydrogens (tertiary/aromatic N) is 2. The third-order valence-corrected chi connectivity index (χ3v) is 4.51. The first-order valence-electron chi connectivity index (χ1n) is 10.6. The zero-order chi connectivity index (χ0) is 24.1. The highest BCUT2D eigenvalue weighted by atomic mass is 16.5. The van der Waals surface area contributed by atoms with E-state index in [0.717, 1.165) is 18.1 Å². The number of benzene rings is 1. The summed E-state index contributed by atoms with van der Waals surface area (Å²) in [6.45, 7) is 5.85. The number of carbonyl (C=O) groups is 3. The van der Waals surface area contributed by atoms with Gasteiger partial charge < -0.3 is 14.8 Å². The van der Waals surface area contributed by atoms with Gasteiger partial charge in [-0.1, -0.05) is 25.6 Å². The van der Waals surface area contributed by atoms with Crippen molar-refractivity contribution in [2.45, 2.75) is 39.2 Å². The Kier molecular flexibility index (Phi) is 10.3. The van der Waals surface area contributed by atoms with Gasteiger partial charge in [0.1, 0.15) is 5.82 Å². The van der Waals surface area contributed by atoms with Crippen molar-refractivity contribution in [3.05, 3.63) is 65.2 Å². The van der Waals surface area contributed by atoms with Gasteiger partial charge in [0.2, 0.25) is 0 Å². The summed E-state index contributed by atoms with van der Waals surface area (Å²) in [7, 11) is 0. The maximum Gasteiger partial charge on any atom is 0.349 e. The van der Waals surface area contributed by atoms with Gasteiger partial charge in [-0.25, -0.2) is 14.4 Å². The quantitative estimate of drug-likeness (QED) is 0.285. The normalized spacial score (nSPS) is 10.2. The molecule has 0 aliphatic heterocycles. The Balaban J connectivity index is 1.72. The Morgan fingerprint density at radius 3 is 2.39 bits per heavy atom. The van der Waals surface area contributed by atoms with E-state index < -0.39 is 23.7 Å². The number of aryl methyl sites for hydroxylation is 2. The van der Waals surface area contributed by atoms with E-state index in [-0.39, 0.29) is 32.0 Å². The monoisotopic (exact) mass is 456 g/mol. The van der Waals surface area contributed by atoms with Crippen molar-refractivity contribution in [3.8, 4) is 0 Å². The van der Waals surface area contributed by atoms with E-state index in [9.17, 15) is 19.2 Å². The van der Waals surface area contributed by atoms with E-state index >= 15 is 0 Å². The highest BCUT2D eigenvalue weighted by Crippen LogP contribution is 2.10. The second kappa shape index (κ2) is 13.5. The molecule has 1 aromatic carbocycles. The fraction of sp³-hybridized carbons (Fsp3) is 0.348. The van der Waals surface area contributed by atoms with Gasteiger partial charge in [0.25, 0.3) is 0 Å². The molecule has 1 aromatic heterocycles. The Bertz CT molecular complexity index is 1020. The molecular formula is C23H28N4O6. The van der Waals surface area contributed by atoms with Gasteiger partial charge in [-0.3, -0.25) is 14.7 Å². The molecule has 10 nitrogen and oxygen atoms in total. The topological polar surface area (TPSA) is 129 Å². The molecule has 1 heterocycles. The molecule has 0 spiro atoms. The molecule has 0 atom stereocenters. The molecule has 0 fully saturated rings. The van der Waals surface area contributed by atoms with Crippen molar-refractivity contribution >= 4 is 29.5 Å². The molecule has 33 heavy (non-hydrogen) atoms. The van der Waals surface area contributed by atoms with Crippen molar-refractivity contribution in [1.82, 2.24) is 9.55 Å². The van der Waals surface area contributed by atoms with Gasteiger partial charge in [0, 0.05) is 24.5 Å². The lowest BCUT2D eigenvalue weighted by molar-refractivity contribution is -0.144.